The molecule has 156 valence electrons. The lowest BCUT2D eigenvalue weighted by Crippen LogP contribution is -2.48. The number of amides is 1. The number of nitrogens with one attached hydrogen (secondary N) is 1. The van der Waals surface area contributed by atoms with E-state index in [4.69, 9.17) is 4.74 Å². The van der Waals surface area contributed by atoms with Gasteiger partial charge in [-0.25, -0.2) is 9.97 Å². The Hall–Kier alpha value is -2.65. The molecule has 1 aliphatic heterocycles. The Labute approximate surface area is 184 Å². The van der Waals surface area contributed by atoms with Crippen LogP contribution in [0.3, 0.4) is 0 Å². The summed E-state index contributed by atoms with van der Waals surface area (Å²) in [7, 11) is 1.54. The van der Waals surface area contributed by atoms with Crippen LogP contribution in [0.1, 0.15) is 0 Å². The number of benzene rings is 2. The third-order valence-electron chi connectivity index (χ3n) is 4.93. The highest BCUT2D eigenvalue weighted by Gasteiger charge is 2.23. The standard InChI is InChI=1S/C21H23N5O2S2/c1-28-20-19(22-15-7-3-4-8-16(15)23-20)24-30-21(27)26-13-11-25(12-14-26)17-9-5-6-10-18(17)29-2/h3-10H,11-14H2,1-2H3,(H,22,24). The lowest BCUT2D eigenvalue weighted by Gasteiger charge is -2.36. The van der Waals surface area contributed by atoms with E-state index in [9.17, 15) is 4.79 Å². The fraction of sp³-hybridized carbons (Fsp3) is 0.286. The van der Waals surface area contributed by atoms with Crippen LogP contribution in [0.5, 0.6) is 5.88 Å². The van der Waals surface area contributed by atoms with Gasteiger partial charge in [-0.3, -0.25) is 4.79 Å². The van der Waals surface area contributed by atoms with Crippen LogP contribution in [0.4, 0.5) is 16.3 Å². The van der Waals surface area contributed by atoms with Crippen LogP contribution in [-0.2, 0) is 0 Å². The molecule has 0 unspecified atom stereocenters. The van der Waals surface area contributed by atoms with E-state index < -0.39 is 0 Å². The maximum atomic E-state index is 12.7. The van der Waals surface area contributed by atoms with Gasteiger partial charge in [-0.05, 0) is 30.5 Å². The fourth-order valence-electron chi connectivity index (χ4n) is 3.37. The van der Waals surface area contributed by atoms with Crippen molar-refractivity contribution in [1.82, 2.24) is 14.9 Å². The number of nitrogens with zero attached hydrogens (tertiary/aromatic N) is 4. The third kappa shape index (κ3) is 4.41. The molecular formula is C21H23N5O2S2. The summed E-state index contributed by atoms with van der Waals surface area (Å²) >= 11 is 2.76. The number of thioether (sulfide) groups is 1. The average Bonchev–Trinajstić information content (AvgIpc) is 2.81. The molecule has 2 heterocycles. The minimum Gasteiger partial charge on any atom is -0.478 e. The Morgan fingerprint density at radius 1 is 1.00 bits per heavy atom. The number of carbonyl (C=O) groups is 1. The molecule has 0 atom stereocenters. The Kier molecular flexibility index (Phi) is 6.49. The summed E-state index contributed by atoms with van der Waals surface area (Å²) in [5.41, 5.74) is 2.73. The zero-order valence-corrected chi connectivity index (χ0v) is 18.5. The van der Waals surface area contributed by atoms with Crippen molar-refractivity contribution in [3.8, 4) is 5.88 Å². The van der Waals surface area contributed by atoms with Crippen molar-refractivity contribution in [2.75, 3.05) is 49.2 Å². The highest BCUT2D eigenvalue weighted by molar-refractivity contribution is 8.14. The normalized spacial score (nSPS) is 14.1. The van der Waals surface area contributed by atoms with Crippen molar-refractivity contribution in [2.24, 2.45) is 0 Å². The topological polar surface area (TPSA) is 70.6 Å². The van der Waals surface area contributed by atoms with Crippen molar-refractivity contribution in [2.45, 2.75) is 4.90 Å². The number of aromatic nitrogens is 2. The van der Waals surface area contributed by atoms with Crippen molar-refractivity contribution in [3.63, 3.8) is 0 Å². The lowest BCUT2D eigenvalue weighted by atomic mass is 10.2. The van der Waals surface area contributed by atoms with Crippen LogP contribution < -0.4 is 14.4 Å². The first-order chi connectivity index (χ1) is 14.7. The SMILES string of the molecule is COc1nc2ccccc2nc1NSC(=O)N1CCN(c2ccccc2SC)CC1. The molecule has 1 fully saturated rings. The van der Waals surface area contributed by atoms with Crippen LogP contribution in [0, 0.1) is 0 Å². The van der Waals surface area contributed by atoms with Gasteiger partial charge in [0, 0.05) is 43.0 Å². The molecule has 0 saturated carbocycles. The van der Waals surface area contributed by atoms with E-state index in [0.29, 0.717) is 24.8 Å². The van der Waals surface area contributed by atoms with Gasteiger partial charge in [0.25, 0.3) is 5.88 Å². The highest BCUT2D eigenvalue weighted by atomic mass is 32.2. The number of fused-ring (bicyclic) bond motifs is 1. The van der Waals surface area contributed by atoms with Gasteiger partial charge in [0.2, 0.25) is 5.82 Å². The maximum Gasteiger partial charge on any atom is 0.302 e. The second-order valence-electron chi connectivity index (χ2n) is 6.69. The second kappa shape index (κ2) is 9.44. The van der Waals surface area contributed by atoms with Gasteiger partial charge in [-0.1, -0.05) is 24.3 Å². The minimum absolute atomic E-state index is 0.0372. The van der Waals surface area contributed by atoms with Gasteiger partial charge in [0.05, 0.1) is 23.8 Å². The second-order valence-corrected chi connectivity index (χ2v) is 8.29. The molecule has 1 aliphatic rings. The average molecular weight is 442 g/mol. The molecule has 1 N–H and O–H groups in total. The summed E-state index contributed by atoms with van der Waals surface area (Å²) in [5.74, 6) is 0.814. The number of hydrogen-bond acceptors (Lipinski definition) is 8. The van der Waals surface area contributed by atoms with Crippen molar-refractivity contribution in [3.05, 3.63) is 48.5 Å². The minimum atomic E-state index is -0.0372. The lowest BCUT2D eigenvalue weighted by molar-refractivity contribution is 0.219. The zero-order valence-electron chi connectivity index (χ0n) is 16.9. The molecule has 0 bridgehead atoms. The summed E-state index contributed by atoms with van der Waals surface area (Å²) in [6.07, 6.45) is 2.09. The van der Waals surface area contributed by atoms with Crippen LogP contribution >= 0.6 is 23.7 Å². The van der Waals surface area contributed by atoms with Crippen LogP contribution in [0.25, 0.3) is 11.0 Å². The number of hydrogen-bond donors (Lipinski definition) is 1. The summed E-state index contributed by atoms with van der Waals surface area (Å²) in [6, 6.07) is 16.0. The quantitative estimate of drug-likeness (QED) is 0.463. The molecule has 2 aromatic carbocycles. The molecule has 9 heteroatoms. The summed E-state index contributed by atoms with van der Waals surface area (Å²) in [5, 5.41) is -0.0372. The summed E-state index contributed by atoms with van der Waals surface area (Å²) in [4.78, 5) is 27.2. The van der Waals surface area contributed by atoms with E-state index in [1.807, 2.05) is 29.2 Å². The Bertz CT molecular complexity index is 1040. The monoisotopic (exact) mass is 441 g/mol. The first kappa shape index (κ1) is 20.6. The molecule has 1 saturated heterocycles. The molecule has 0 spiro atoms. The Morgan fingerprint density at radius 3 is 2.37 bits per heavy atom. The predicted octanol–water partition coefficient (Wildman–Crippen LogP) is 4.36. The van der Waals surface area contributed by atoms with Gasteiger partial charge in [0.1, 0.15) is 0 Å². The Balaban J connectivity index is 1.37. The molecule has 4 rings (SSSR count). The molecule has 30 heavy (non-hydrogen) atoms. The highest BCUT2D eigenvalue weighted by Crippen LogP contribution is 2.30. The number of rotatable bonds is 5. The number of anilines is 2. The molecule has 7 nitrogen and oxygen atoms in total. The van der Waals surface area contributed by atoms with E-state index in [1.54, 1.807) is 18.9 Å². The number of para-hydroxylation sites is 3. The first-order valence-electron chi connectivity index (χ1n) is 9.60. The van der Waals surface area contributed by atoms with Gasteiger partial charge >= 0.3 is 5.24 Å². The molecule has 0 aliphatic carbocycles. The van der Waals surface area contributed by atoms with E-state index in [-0.39, 0.29) is 5.24 Å². The fourth-order valence-corrected chi connectivity index (χ4v) is 4.62. The van der Waals surface area contributed by atoms with Crippen LogP contribution in [-0.4, -0.2) is 59.7 Å². The van der Waals surface area contributed by atoms with E-state index in [0.717, 1.165) is 36.1 Å². The number of piperazine rings is 1. The van der Waals surface area contributed by atoms with Gasteiger partial charge < -0.3 is 19.3 Å². The number of methoxy groups -OCH3 is 1. The van der Waals surface area contributed by atoms with Gasteiger partial charge in [-0.2, -0.15) is 0 Å². The van der Waals surface area contributed by atoms with E-state index in [2.05, 4.69) is 50.1 Å². The molecular weight excluding hydrogens is 418 g/mol. The Morgan fingerprint density at radius 2 is 1.67 bits per heavy atom. The van der Waals surface area contributed by atoms with E-state index >= 15 is 0 Å². The largest absolute Gasteiger partial charge is 0.478 e. The zero-order chi connectivity index (χ0) is 20.9. The third-order valence-corrected chi connectivity index (χ3v) is 6.44. The molecule has 1 amide bonds. The van der Waals surface area contributed by atoms with Gasteiger partial charge in [-0.15, -0.1) is 11.8 Å². The van der Waals surface area contributed by atoms with Crippen LogP contribution in [0.2, 0.25) is 0 Å². The van der Waals surface area contributed by atoms with Crippen molar-refractivity contribution in [1.29, 1.82) is 0 Å². The summed E-state index contributed by atoms with van der Waals surface area (Å²) < 4.78 is 8.36. The van der Waals surface area contributed by atoms with E-state index in [1.165, 1.54) is 10.6 Å². The molecule has 1 aromatic heterocycles. The smallest absolute Gasteiger partial charge is 0.302 e. The predicted molar refractivity (Wildman–Crippen MR) is 125 cm³/mol. The van der Waals surface area contributed by atoms with Crippen LogP contribution in [0.15, 0.2) is 53.4 Å². The number of carbonyl (C=O) groups excluding carboxylic acids is 1. The maximum absolute atomic E-state index is 12.7. The molecule has 3 aromatic rings. The van der Waals surface area contributed by atoms with Crippen molar-refractivity contribution >= 4 is 51.5 Å². The van der Waals surface area contributed by atoms with Gasteiger partial charge in [0.15, 0.2) is 0 Å². The first-order valence-corrected chi connectivity index (χ1v) is 11.6. The number of ether oxygens (including phenoxy) is 1. The molecule has 0 radical (unpaired) electrons. The summed E-state index contributed by atoms with van der Waals surface area (Å²) in [6.45, 7) is 2.97. The van der Waals surface area contributed by atoms with Crippen molar-refractivity contribution < 1.29 is 9.53 Å².